The Hall–Kier alpha value is -2.82. The molecule has 11 nitrogen and oxygen atoms in total. The van der Waals surface area contributed by atoms with Gasteiger partial charge in [-0.2, -0.15) is 0 Å². The number of phenolic OH excluding ortho intramolecular Hbond substituents is 1. The second kappa shape index (κ2) is 7.83. The molecule has 2 fully saturated rings. The van der Waals surface area contributed by atoms with Crippen LogP contribution in [0.1, 0.15) is 32.1 Å². The number of piperidine rings is 1. The molecule has 1 aromatic rings. The number of phenols is 1. The third-order valence-electron chi connectivity index (χ3n) is 4.39. The first-order valence-electron chi connectivity index (χ1n) is 7.85. The zero-order chi connectivity index (χ0) is 18.6. The highest BCUT2D eigenvalue weighted by atomic mass is 16.6. The van der Waals surface area contributed by atoms with Crippen LogP contribution in [-0.4, -0.2) is 43.9 Å². The smallest absolute Gasteiger partial charge is 0.324 e. The van der Waals surface area contributed by atoms with Crippen LogP contribution in [-0.2, 0) is 0 Å². The molecule has 25 heavy (non-hydrogen) atoms. The van der Waals surface area contributed by atoms with Crippen LogP contribution in [0.4, 0.5) is 17.1 Å². The zero-order valence-corrected chi connectivity index (χ0v) is 13.4. The molecule has 1 unspecified atom stereocenters. The van der Waals surface area contributed by atoms with Gasteiger partial charge in [-0.05, 0) is 38.8 Å². The maximum Gasteiger partial charge on any atom is 0.324 e. The highest BCUT2D eigenvalue weighted by Gasteiger charge is 2.30. The van der Waals surface area contributed by atoms with Crippen LogP contribution < -0.4 is 0 Å². The largest absolute Gasteiger partial charge is 0.497 e. The van der Waals surface area contributed by atoms with E-state index in [0.717, 1.165) is 6.04 Å². The summed E-state index contributed by atoms with van der Waals surface area (Å²) in [5.41, 5.74) is -3.00. The molecular weight excluding hydrogens is 336 g/mol. The Morgan fingerprint density at radius 2 is 1.40 bits per heavy atom. The van der Waals surface area contributed by atoms with E-state index < -0.39 is 37.6 Å². The van der Waals surface area contributed by atoms with Gasteiger partial charge in [-0.15, -0.1) is 0 Å². The number of benzene rings is 1. The molecule has 0 aromatic heterocycles. The summed E-state index contributed by atoms with van der Waals surface area (Å²) in [5.74, 6) is -1.21. The van der Waals surface area contributed by atoms with Gasteiger partial charge >= 0.3 is 11.4 Å². The molecule has 0 spiro atoms. The first-order chi connectivity index (χ1) is 11.8. The fourth-order valence-electron chi connectivity index (χ4n) is 3.18. The van der Waals surface area contributed by atoms with Crippen molar-refractivity contribution in [1.29, 1.82) is 0 Å². The quantitative estimate of drug-likeness (QED) is 0.642. The molecule has 2 saturated heterocycles. The van der Waals surface area contributed by atoms with Gasteiger partial charge in [-0.3, -0.25) is 30.3 Å². The van der Waals surface area contributed by atoms with Gasteiger partial charge in [0, 0.05) is 6.04 Å². The molecule has 0 aliphatic carbocycles. The van der Waals surface area contributed by atoms with Crippen LogP contribution in [0.3, 0.4) is 0 Å². The van der Waals surface area contributed by atoms with Gasteiger partial charge in [0.05, 0.1) is 26.9 Å². The summed E-state index contributed by atoms with van der Waals surface area (Å²) in [7, 11) is 0. The van der Waals surface area contributed by atoms with E-state index in [1.165, 1.54) is 45.2 Å². The van der Waals surface area contributed by atoms with Crippen molar-refractivity contribution in [3.05, 3.63) is 42.5 Å². The highest BCUT2D eigenvalue weighted by molar-refractivity contribution is 5.64. The van der Waals surface area contributed by atoms with Gasteiger partial charge in [0.2, 0.25) is 0 Å². The van der Waals surface area contributed by atoms with E-state index in [9.17, 15) is 30.3 Å². The lowest BCUT2D eigenvalue weighted by Crippen LogP contribution is -2.33. The average Bonchev–Trinajstić information content (AvgIpc) is 3.03. The maximum atomic E-state index is 10.4. The maximum absolute atomic E-state index is 10.4. The summed E-state index contributed by atoms with van der Waals surface area (Å²) in [6, 6.07) is 1.89. The van der Waals surface area contributed by atoms with Crippen molar-refractivity contribution in [2.45, 2.75) is 38.1 Å². The molecule has 1 N–H and O–H groups in total. The molecule has 0 amide bonds. The third-order valence-corrected chi connectivity index (χ3v) is 4.39. The molecule has 0 radical (unpaired) electrons. The SMILES string of the molecule is C1CCN2CCCC2C1.O=[N+]([O-])c1cc([N+](=O)[O-])c(O)c([N+](=O)[O-])c1. The van der Waals surface area contributed by atoms with Crippen LogP contribution in [0.5, 0.6) is 5.75 Å². The summed E-state index contributed by atoms with van der Waals surface area (Å²) in [6.07, 6.45) is 7.38. The number of fused-ring (bicyclic) bond motifs is 1. The summed E-state index contributed by atoms with van der Waals surface area (Å²) < 4.78 is 0. The summed E-state index contributed by atoms with van der Waals surface area (Å²) in [5, 5.41) is 40.2. The van der Waals surface area contributed by atoms with Crippen molar-refractivity contribution in [3.63, 3.8) is 0 Å². The summed E-state index contributed by atoms with van der Waals surface area (Å²) in [4.78, 5) is 30.4. The molecule has 2 aliphatic rings. The molecule has 11 heteroatoms. The van der Waals surface area contributed by atoms with E-state index in [1.54, 1.807) is 0 Å². The number of hydrogen-bond acceptors (Lipinski definition) is 8. The van der Waals surface area contributed by atoms with Gasteiger partial charge in [0.15, 0.2) is 0 Å². The number of aromatic hydroxyl groups is 1. The monoisotopic (exact) mass is 354 g/mol. The normalized spacial score (nSPS) is 19.4. The Labute approximate surface area is 142 Å². The fourth-order valence-corrected chi connectivity index (χ4v) is 3.18. The van der Waals surface area contributed by atoms with Gasteiger partial charge in [-0.1, -0.05) is 6.42 Å². The number of nitrogens with zero attached hydrogens (tertiary/aromatic N) is 4. The van der Waals surface area contributed by atoms with E-state index in [1.807, 2.05) is 0 Å². The number of nitro groups is 3. The molecule has 1 aromatic carbocycles. The van der Waals surface area contributed by atoms with E-state index in [-0.39, 0.29) is 0 Å². The van der Waals surface area contributed by atoms with E-state index >= 15 is 0 Å². The molecule has 136 valence electrons. The fraction of sp³-hybridized carbons (Fsp3) is 0.571. The minimum Gasteiger partial charge on any atom is -0.497 e. The average molecular weight is 354 g/mol. The van der Waals surface area contributed by atoms with Crippen molar-refractivity contribution < 1.29 is 19.9 Å². The summed E-state index contributed by atoms with van der Waals surface area (Å²) in [6.45, 7) is 2.79. The molecule has 2 heterocycles. The van der Waals surface area contributed by atoms with Crippen molar-refractivity contribution in [3.8, 4) is 5.75 Å². The van der Waals surface area contributed by atoms with Crippen molar-refractivity contribution in [2.24, 2.45) is 0 Å². The minimum atomic E-state index is -1.21. The lowest BCUT2D eigenvalue weighted by molar-refractivity contribution is -0.404. The van der Waals surface area contributed by atoms with Crippen LogP contribution in [0, 0.1) is 30.3 Å². The zero-order valence-electron chi connectivity index (χ0n) is 13.4. The predicted octanol–water partition coefficient (Wildman–Crippen LogP) is 2.75. The van der Waals surface area contributed by atoms with Crippen LogP contribution in [0.2, 0.25) is 0 Å². The first-order valence-corrected chi connectivity index (χ1v) is 7.85. The second-order valence-electron chi connectivity index (χ2n) is 5.93. The highest BCUT2D eigenvalue weighted by Crippen LogP contribution is 2.38. The lowest BCUT2D eigenvalue weighted by atomic mass is 10.0. The van der Waals surface area contributed by atoms with E-state index in [4.69, 9.17) is 5.11 Å². The minimum absolute atomic E-state index is 0.447. The topological polar surface area (TPSA) is 153 Å². The number of nitro benzene ring substituents is 3. The van der Waals surface area contributed by atoms with Crippen LogP contribution in [0.15, 0.2) is 12.1 Å². The molecule has 2 aliphatic heterocycles. The Morgan fingerprint density at radius 3 is 1.88 bits per heavy atom. The van der Waals surface area contributed by atoms with Crippen molar-refractivity contribution >= 4 is 17.1 Å². The number of hydrogen-bond donors (Lipinski definition) is 1. The van der Waals surface area contributed by atoms with Gasteiger partial charge in [0.25, 0.3) is 11.4 Å². The van der Waals surface area contributed by atoms with Crippen molar-refractivity contribution in [2.75, 3.05) is 13.1 Å². The Morgan fingerprint density at radius 1 is 0.880 bits per heavy atom. The predicted molar refractivity (Wildman–Crippen MR) is 86.5 cm³/mol. The standard InChI is InChI=1S/C8H15N.C6H3N3O7/c1-2-6-9-7-3-5-8(9)4-1;10-6-4(8(13)14)1-3(7(11)12)2-5(6)9(15)16/h8H,1-7H2;1-2,10H. The van der Waals surface area contributed by atoms with E-state index in [2.05, 4.69) is 4.90 Å². The summed E-state index contributed by atoms with van der Waals surface area (Å²) >= 11 is 0. The second-order valence-corrected chi connectivity index (χ2v) is 5.93. The van der Waals surface area contributed by atoms with E-state index in [0.29, 0.717) is 12.1 Å². The van der Waals surface area contributed by atoms with Crippen molar-refractivity contribution in [1.82, 2.24) is 4.90 Å². The molecular formula is C14H18N4O7. The number of non-ortho nitro benzene ring substituents is 1. The van der Waals surface area contributed by atoms with Gasteiger partial charge < -0.3 is 10.0 Å². The van der Waals surface area contributed by atoms with Gasteiger partial charge in [0.1, 0.15) is 0 Å². The molecule has 0 saturated carbocycles. The molecule has 1 atom stereocenters. The number of rotatable bonds is 3. The third kappa shape index (κ3) is 4.38. The molecule has 3 rings (SSSR count). The first kappa shape index (κ1) is 18.5. The Balaban J connectivity index is 0.000000208. The van der Waals surface area contributed by atoms with Crippen LogP contribution >= 0.6 is 0 Å². The Bertz CT molecular complexity index is 647. The lowest BCUT2D eigenvalue weighted by Gasteiger charge is -2.28. The van der Waals surface area contributed by atoms with Gasteiger partial charge in [-0.25, -0.2) is 0 Å². The molecule has 0 bridgehead atoms. The Kier molecular flexibility index (Phi) is 5.80. The van der Waals surface area contributed by atoms with Crippen LogP contribution in [0.25, 0.3) is 0 Å².